The predicted molar refractivity (Wildman–Crippen MR) is 71.5 cm³/mol. The van der Waals surface area contributed by atoms with Crippen LogP contribution in [0.25, 0.3) is 0 Å². The molecule has 0 aliphatic carbocycles. The zero-order valence-electron chi connectivity index (χ0n) is 11.4. The molecule has 0 heterocycles. The molecule has 7 heteroatoms. The third-order valence-electron chi connectivity index (χ3n) is 2.98. The first-order valence-corrected chi connectivity index (χ1v) is 10.0. The molecule has 0 aromatic heterocycles. The third-order valence-corrected chi connectivity index (χ3v) is 7.94. The summed E-state index contributed by atoms with van der Waals surface area (Å²) in [5.74, 6) is 0. The van der Waals surface area contributed by atoms with Gasteiger partial charge in [-0.1, -0.05) is 12.8 Å². The maximum absolute atomic E-state index is 9.01. The molecule has 104 valence electrons. The van der Waals surface area contributed by atoms with Crippen LogP contribution in [0.5, 0.6) is 0 Å². The van der Waals surface area contributed by atoms with E-state index in [0.717, 1.165) is 31.4 Å². The summed E-state index contributed by atoms with van der Waals surface area (Å²) in [6.07, 6.45) is 3.44. The van der Waals surface area contributed by atoms with Gasteiger partial charge in [0.1, 0.15) is 0 Å². The Balaban J connectivity index is 3.68. The van der Waals surface area contributed by atoms with Crippen molar-refractivity contribution in [1.29, 1.82) is 0 Å². The molecule has 0 rings (SSSR count). The van der Waals surface area contributed by atoms with Crippen molar-refractivity contribution >= 4 is 17.8 Å². The van der Waals surface area contributed by atoms with Crippen LogP contribution in [0.15, 0.2) is 0 Å². The summed E-state index contributed by atoms with van der Waals surface area (Å²) in [5.41, 5.74) is 0. The minimum Gasteiger partial charge on any atom is -0.421 e. The van der Waals surface area contributed by atoms with Crippen LogP contribution in [-0.2, 0) is 17.7 Å². The van der Waals surface area contributed by atoms with E-state index in [4.69, 9.17) is 22.8 Å². The maximum atomic E-state index is 9.01. The minimum absolute atomic E-state index is 0.226. The van der Waals surface area contributed by atoms with Gasteiger partial charge in [-0.3, -0.25) is 0 Å². The molecule has 0 bridgehead atoms. The summed E-state index contributed by atoms with van der Waals surface area (Å²) < 4.78 is 21.3. The van der Waals surface area contributed by atoms with E-state index < -0.39 is 17.8 Å². The highest BCUT2D eigenvalue weighted by Gasteiger charge is 2.36. The topological polar surface area (TPSA) is 57.2 Å². The van der Waals surface area contributed by atoms with Gasteiger partial charge in [-0.05, 0) is 12.5 Å². The minimum atomic E-state index is -2.38. The molecular weight excluding hydrogens is 256 g/mol. The lowest BCUT2D eigenvalue weighted by Crippen LogP contribution is -2.42. The van der Waals surface area contributed by atoms with Gasteiger partial charge in [0.25, 0.3) is 0 Å². The fraction of sp³-hybridized carbons (Fsp3) is 1.00. The summed E-state index contributed by atoms with van der Waals surface area (Å²) in [6, 6.07) is 1.86. The van der Waals surface area contributed by atoms with Crippen molar-refractivity contribution in [1.82, 2.24) is 0 Å². The number of hydrogen-bond acceptors (Lipinski definition) is 5. The molecule has 0 fully saturated rings. The van der Waals surface area contributed by atoms with Crippen LogP contribution in [-0.4, -0.2) is 57.6 Å². The maximum Gasteiger partial charge on any atom is 0.500 e. The molecule has 1 N–H and O–H groups in total. The van der Waals surface area contributed by atoms with Crippen molar-refractivity contribution in [2.75, 3.05) is 34.7 Å². The molecule has 17 heavy (non-hydrogen) atoms. The molecule has 0 aliphatic heterocycles. The van der Waals surface area contributed by atoms with E-state index in [1.54, 1.807) is 28.4 Å². The van der Waals surface area contributed by atoms with Crippen LogP contribution in [0.2, 0.25) is 12.1 Å². The Hall–Kier alpha value is 0.234. The largest absolute Gasteiger partial charge is 0.500 e. The monoisotopic (exact) mass is 282 g/mol. The van der Waals surface area contributed by atoms with Crippen molar-refractivity contribution in [3.05, 3.63) is 0 Å². The number of hydrogen-bond donors (Lipinski definition) is 1. The van der Waals surface area contributed by atoms with Crippen LogP contribution in [0.1, 0.15) is 19.3 Å². The van der Waals surface area contributed by atoms with Gasteiger partial charge in [-0.15, -0.1) is 0 Å². The summed E-state index contributed by atoms with van der Waals surface area (Å²) in [5, 5.41) is 9.01. The van der Waals surface area contributed by atoms with Gasteiger partial charge in [0.2, 0.25) is 9.04 Å². The second-order valence-corrected chi connectivity index (χ2v) is 9.68. The highest BCUT2D eigenvalue weighted by atomic mass is 28.4. The van der Waals surface area contributed by atoms with Crippen LogP contribution in [0.4, 0.5) is 0 Å². The molecule has 1 unspecified atom stereocenters. The smallest absolute Gasteiger partial charge is 0.421 e. The highest BCUT2D eigenvalue weighted by Crippen LogP contribution is 2.18. The van der Waals surface area contributed by atoms with Crippen LogP contribution >= 0.6 is 0 Å². The second-order valence-electron chi connectivity index (χ2n) is 3.94. The Morgan fingerprint density at radius 2 is 1.53 bits per heavy atom. The van der Waals surface area contributed by atoms with E-state index >= 15 is 0 Å². The van der Waals surface area contributed by atoms with E-state index in [0.29, 0.717) is 0 Å². The molecule has 0 saturated heterocycles. The van der Waals surface area contributed by atoms with E-state index in [9.17, 15) is 0 Å². The fourth-order valence-corrected chi connectivity index (χ4v) is 4.84. The van der Waals surface area contributed by atoms with Gasteiger partial charge < -0.3 is 22.8 Å². The molecule has 1 atom stereocenters. The molecule has 0 spiro atoms. The molecule has 0 aliphatic rings. The Kier molecular flexibility index (Phi) is 10.3. The van der Waals surface area contributed by atoms with Crippen molar-refractivity contribution in [2.45, 2.75) is 31.4 Å². The number of rotatable bonds is 11. The Labute approximate surface area is 107 Å². The lowest BCUT2D eigenvalue weighted by molar-refractivity contribution is 0.123. The second kappa shape index (κ2) is 10.2. The van der Waals surface area contributed by atoms with E-state index in [1.165, 1.54) is 0 Å². The van der Waals surface area contributed by atoms with Crippen LogP contribution in [0, 0.1) is 0 Å². The number of unbranched alkanes of at least 4 members (excludes halogenated alkanes) is 2. The molecular formula is C10H26O5Si2. The SMILES string of the molecule is CO[SiH](CO)CCCCC[Si](OC)(OC)OC. The summed E-state index contributed by atoms with van der Waals surface area (Å²) in [7, 11) is 2.89. The van der Waals surface area contributed by atoms with Gasteiger partial charge in [0.05, 0.1) is 6.23 Å². The molecule has 0 aromatic rings. The molecule has 0 saturated carbocycles. The third kappa shape index (κ3) is 6.65. The molecule has 0 radical (unpaired) electrons. The lowest BCUT2D eigenvalue weighted by Gasteiger charge is -2.24. The first-order chi connectivity index (χ1) is 8.17. The Morgan fingerprint density at radius 3 is 1.94 bits per heavy atom. The zero-order chi connectivity index (χ0) is 13.1. The Bertz CT molecular complexity index is 166. The van der Waals surface area contributed by atoms with Crippen molar-refractivity contribution in [2.24, 2.45) is 0 Å². The quantitative estimate of drug-likeness (QED) is 0.451. The van der Waals surface area contributed by atoms with E-state index in [1.807, 2.05) is 0 Å². The highest BCUT2D eigenvalue weighted by molar-refractivity contribution is 6.60. The fourth-order valence-electron chi connectivity index (χ4n) is 1.73. The van der Waals surface area contributed by atoms with Crippen molar-refractivity contribution in [3.63, 3.8) is 0 Å². The lowest BCUT2D eigenvalue weighted by atomic mass is 10.3. The van der Waals surface area contributed by atoms with E-state index in [-0.39, 0.29) is 6.23 Å². The molecule has 0 amide bonds. The number of aliphatic hydroxyl groups excluding tert-OH is 1. The Morgan fingerprint density at radius 1 is 0.941 bits per heavy atom. The van der Waals surface area contributed by atoms with Gasteiger partial charge in [-0.2, -0.15) is 0 Å². The molecule has 0 aromatic carbocycles. The summed E-state index contributed by atoms with van der Waals surface area (Å²) in [4.78, 5) is 0. The molecule has 5 nitrogen and oxygen atoms in total. The number of aliphatic hydroxyl groups is 1. The first-order valence-electron chi connectivity index (χ1n) is 5.97. The van der Waals surface area contributed by atoms with Crippen molar-refractivity contribution < 1.29 is 22.8 Å². The van der Waals surface area contributed by atoms with Crippen LogP contribution in [0.3, 0.4) is 0 Å². The van der Waals surface area contributed by atoms with Crippen LogP contribution < -0.4 is 0 Å². The predicted octanol–water partition coefficient (Wildman–Crippen LogP) is 0.936. The van der Waals surface area contributed by atoms with Gasteiger partial charge >= 0.3 is 8.80 Å². The average molecular weight is 282 g/mol. The van der Waals surface area contributed by atoms with E-state index in [2.05, 4.69) is 0 Å². The first kappa shape index (κ1) is 17.2. The summed E-state index contributed by atoms with van der Waals surface area (Å²) in [6.45, 7) is 0. The normalized spacial score (nSPS) is 13.9. The average Bonchev–Trinajstić information content (AvgIpc) is 2.39. The van der Waals surface area contributed by atoms with Gasteiger partial charge in [-0.25, -0.2) is 0 Å². The summed E-state index contributed by atoms with van der Waals surface area (Å²) >= 11 is 0. The standard InChI is InChI=1S/C10H26O5Si2/c1-12-16(10-11)8-6-5-7-9-17(13-2,14-3)15-4/h11,16H,5-10H2,1-4H3. The van der Waals surface area contributed by atoms with Gasteiger partial charge in [0.15, 0.2) is 0 Å². The zero-order valence-corrected chi connectivity index (χ0v) is 13.6. The van der Waals surface area contributed by atoms with Gasteiger partial charge in [0, 0.05) is 34.5 Å². The van der Waals surface area contributed by atoms with Crippen molar-refractivity contribution in [3.8, 4) is 0 Å².